The van der Waals surface area contributed by atoms with Gasteiger partial charge in [-0.2, -0.15) is 0 Å². The second-order valence-electron chi connectivity index (χ2n) is 6.54. The molecule has 0 bridgehead atoms. The van der Waals surface area contributed by atoms with Crippen molar-refractivity contribution in [2.75, 3.05) is 13.7 Å². The third kappa shape index (κ3) is 4.49. The Morgan fingerprint density at radius 1 is 1.21 bits per heavy atom. The minimum atomic E-state index is -0.108. The quantitative estimate of drug-likeness (QED) is 0.427. The Bertz CT molecular complexity index is 1000. The fraction of sp³-hybridized carbons (Fsp3) is 0.261. The Labute approximate surface area is 170 Å². The number of terminal acetylenes is 1. The zero-order valence-corrected chi connectivity index (χ0v) is 16.6. The van der Waals surface area contributed by atoms with Gasteiger partial charge < -0.3 is 15.0 Å². The normalized spacial score (nSPS) is 10.6. The van der Waals surface area contributed by atoms with Crippen LogP contribution in [0.2, 0.25) is 5.02 Å². The summed E-state index contributed by atoms with van der Waals surface area (Å²) in [6, 6.07) is 12.9. The molecule has 3 aromatic rings. The summed E-state index contributed by atoms with van der Waals surface area (Å²) >= 11 is 5.88. The molecule has 0 aliphatic rings. The van der Waals surface area contributed by atoms with E-state index in [-0.39, 0.29) is 5.91 Å². The number of rotatable bonds is 8. The van der Waals surface area contributed by atoms with Crippen LogP contribution in [0.1, 0.15) is 34.5 Å². The predicted molar refractivity (Wildman–Crippen MR) is 114 cm³/mol. The minimum absolute atomic E-state index is 0.108. The summed E-state index contributed by atoms with van der Waals surface area (Å²) in [7, 11) is 1.67. The molecule has 0 radical (unpaired) electrons. The number of carbonyl (C=O) groups excluding carboxylic acids is 1. The van der Waals surface area contributed by atoms with Crippen LogP contribution in [-0.4, -0.2) is 24.5 Å². The number of hydrogen-bond donors (Lipinski definition) is 2. The SMILES string of the molecule is C#CCCCc1[nH]c2c(OC)cccc2c1CCNC(=O)c1ccc(Cl)cc1. The lowest BCUT2D eigenvalue weighted by Crippen LogP contribution is -2.25. The number of benzene rings is 2. The number of aromatic amines is 1. The number of halogens is 1. The highest BCUT2D eigenvalue weighted by atomic mass is 35.5. The molecule has 2 aromatic carbocycles. The highest BCUT2D eigenvalue weighted by Crippen LogP contribution is 2.30. The molecule has 0 saturated carbocycles. The van der Waals surface area contributed by atoms with Crippen LogP contribution in [0, 0.1) is 12.3 Å². The number of aromatic nitrogens is 1. The number of methoxy groups -OCH3 is 1. The molecule has 1 amide bonds. The Kier molecular flexibility index (Phi) is 6.62. The molecule has 4 nitrogen and oxygen atoms in total. The summed E-state index contributed by atoms with van der Waals surface area (Å²) in [5.74, 6) is 3.39. The van der Waals surface area contributed by atoms with E-state index in [1.165, 1.54) is 5.56 Å². The molecule has 5 heteroatoms. The van der Waals surface area contributed by atoms with Crippen molar-refractivity contribution in [1.82, 2.24) is 10.3 Å². The van der Waals surface area contributed by atoms with E-state index in [4.69, 9.17) is 22.8 Å². The molecule has 0 aliphatic carbocycles. The van der Waals surface area contributed by atoms with Gasteiger partial charge in [0.2, 0.25) is 0 Å². The van der Waals surface area contributed by atoms with Crippen LogP contribution in [0.3, 0.4) is 0 Å². The van der Waals surface area contributed by atoms with Gasteiger partial charge in [0.25, 0.3) is 5.91 Å². The maximum Gasteiger partial charge on any atom is 0.251 e. The number of hydrogen-bond acceptors (Lipinski definition) is 2. The number of fused-ring (bicyclic) bond motifs is 1. The van der Waals surface area contributed by atoms with Gasteiger partial charge in [-0.15, -0.1) is 12.3 Å². The van der Waals surface area contributed by atoms with Crippen LogP contribution >= 0.6 is 11.6 Å². The van der Waals surface area contributed by atoms with Crippen LogP contribution in [0.25, 0.3) is 10.9 Å². The molecule has 0 fully saturated rings. The minimum Gasteiger partial charge on any atom is -0.495 e. The van der Waals surface area contributed by atoms with Crippen molar-refractivity contribution in [2.24, 2.45) is 0 Å². The van der Waals surface area contributed by atoms with Crippen molar-refractivity contribution in [1.29, 1.82) is 0 Å². The fourth-order valence-corrected chi connectivity index (χ4v) is 3.47. The van der Waals surface area contributed by atoms with E-state index in [1.54, 1.807) is 31.4 Å². The van der Waals surface area contributed by atoms with E-state index in [2.05, 4.69) is 22.3 Å². The average molecular weight is 395 g/mol. The van der Waals surface area contributed by atoms with Crippen molar-refractivity contribution in [3.05, 3.63) is 64.3 Å². The fourth-order valence-electron chi connectivity index (χ4n) is 3.34. The monoisotopic (exact) mass is 394 g/mol. The lowest BCUT2D eigenvalue weighted by Gasteiger charge is -2.07. The third-order valence-corrected chi connectivity index (χ3v) is 4.98. The van der Waals surface area contributed by atoms with Gasteiger partial charge in [-0.1, -0.05) is 23.7 Å². The van der Waals surface area contributed by atoms with Crippen LogP contribution in [0.15, 0.2) is 42.5 Å². The standard InChI is InChI=1S/C23H23ClN2O2/c1-3-4-5-8-20-18(19-7-6-9-21(28-2)22(19)26-20)14-15-25-23(27)16-10-12-17(24)13-11-16/h1,6-7,9-13,26H,4-5,8,14-15H2,2H3,(H,25,27). The molecular weight excluding hydrogens is 372 g/mol. The van der Waals surface area contributed by atoms with Crippen LogP contribution in [-0.2, 0) is 12.8 Å². The number of H-pyrrole nitrogens is 1. The Morgan fingerprint density at radius 3 is 2.71 bits per heavy atom. The maximum atomic E-state index is 12.3. The van der Waals surface area contributed by atoms with Crippen molar-refractivity contribution in [2.45, 2.75) is 25.7 Å². The Balaban J connectivity index is 1.76. The number of carbonyl (C=O) groups is 1. The van der Waals surface area contributed by atoms with E-state index >= 15 is 0 Å². The molecule has 28 heavy (non-hydrogen) atoms. The van der Waals surface area contributed by atoms with Crippen molar-refractivity contribution >= 4 is 28.4 Å². The molecule has 2 N–H and O–H groups in total. The second kappa shape index (κ2) is 9.34. The van der Waals surface area contributed by atoms with E-state index in [0.717, 1.165) is 48.0 Å². The number of aryl methyl sites for hydroxylation is 1. The maximum absolute atomic E-state index is 12.3. The first-order valence-corrected chi connectivity index (χ1v) is 9.65. The summed E-state index contributed by atoms with van der Waals surface area (Å²) < 4.78 is 5.49. The van der Waals surface area contributed by atoms with Crippen molar-refractivity contribution < 1.29 is 9.53 Å². The molecule has 0 aliphatic heterocycles. The number of para-hydroxylation sites is 1. The highest BCUT2D eigenvalue weighted by Gasteiger charge is 2.14. The first kappa shape index (κ1) is 19.9. The van der Waals surface area contributed by atoms with Crippen molar-refractivity contribution in [3.63, 3.8) is 0 Å². The summed E-state index contributed by atoms with van der Waals surface area (Å²) in [5.41, 5.74) is 3.93. The Morgan fingerprint density at radius 2 is 2.00 bits per heavy atom. The van der Waals surface area contributed by atoms with Crippen LogP contribution in [0.4, 0.5) is 0 Å². The summed E-state index contributed by atoms with van der Waals surface area (Å²) in [5, 5.41) is 4.72. The van der Waals surface area contributed by atoms with E-state index in [1.807, 2.05) is 12.1 Å². The molecule has 0 saturated heterocycles. The van der Waals surface area contributed by atoms with Gasteiger partial charge in [-0.3, -0.25) is 4.79 Å². The summed E-state index contributed by atoms with van der Waals surface area (Å²) in [6.45, 7) is 0.535. The highest BCUT2D eigenvalue weighted by molar-refractivity contribution is 6.30. The molecule has 3 rings (SSSR count). The van der Waals surface area contributed by atoms with Crippen LogP contribution in [0.5, 0.6) is 5.75 Å². The smallest absolute Gasteiger partial charge is 0.251 e. The van der Waals surface area contributed by atoms with E-state index < -0.39 is 0 Å². The molecule has 1 heterocycles. The van der Waals surface area contributed by atoms with Crippen molar-refractivity contribution in [3.8, 4) is 18.1 Å². The van der Waals surface area contributed by atoms with Gasteiger partial charge in [0.1, 0.15) is 5.75 Å². The topological polar surface area (TPSA) is 54.1 Å². The second-order valence-corrected chi connectivity index (χ2v) is 6.97. The zero-order valence-electron chi connectivity index (χ0n) is 15.8. The van der Waals surface area contributed by atoms with Gasteiger partial charge in [0.05, 0.1) is 12.6 Å². The zero-order chi connectivity index (χ0) is 19.9. The molecule has 1 aromatic heterocycles. The Hall–Kier alpha value is -2.90. The lowest BCUT2D eigenvalue weighted by atomic mass is 10.0. The largest absolute Gasteiger partial charge is 0.495 e. The molecule has 0 spiro atoms. The van der Waals surface area contributed by atoms with Gasteiger partial charge in [-0.25, -0.2) is 0 Å². The molecule has 144 valence electrons. The average Bonchev–Trinajstić information content (AvgIpc) is 3.06. The van der Waals surface area contributed by atoms with E-state index in [9.17, 15) is 4.79 Å². The number of ether oxygens (including phenoxy) is 1. The van der Waals surface area contributed by atoms with Gasteiger partial charge in [0.15, 0.2) is 0 Å². The molecule has 0 unspecified atom stereocenters. The summed E-state index contributed by atoms with van der Waals surface area (Å²) in [6.07, 6.45) is 8.63. The van der Waals surface area contributed by atoms with Gasteiger partial charge in [-0.05, 0) is 55.2 Å². The lowest BCUT2D eigenvalue weighted by molar-refractivity contribution is 0.0954. The number of nitrogens with one attached hydrogen (secondary N) is 2. The summed E-state index contributed by atoms with van der Waals surface area (Å²) in [4.78, 5) is 15.8. The predicted octanol–water partition coefficient (Wildman–Crippen LogP) is 4.76. The number of unbranched alkanes of at least 4 members (excludes halogenated alkanes) is 1. The number of amides is 1. The first-order chi connectivity index (χ1) is 13.6. The third-order valence-electron chi connectivity index (χ3n) is 4.73. The van der Waals surface area contributed by atoms with Gasteiger partial charge >= 0.3 is 0 Å². The molecule has 0 atom stereocenters. The molecular formula is C23H23ClN2O2. The van der Waals surface area contributed by atoms with E-state index in [0.29, 0.717) is 17.1 Å². The van der Waals surface area contributed by atoms with Crippen LogP contribution < -0.4 is 10.1 Å². The van der Waals surface area contributed by atoms with Gasteiger partial charge in [0, 0.05) is 34.6 Å². The first-order valence-electron chi connectivity index (χ1n) is 9.27.